The Bertz CT molecular complexity index is 456. The normalized spacial score (nSPS) is 10.9. The molecule has 86 valence electrons. The predicted molar refractivity (Wildman–Crippen MR) is 62.1 cm³/mol. The number of nitrogens with zero attached hydrogens (tertiary/aromatic N) is 3. The summed E-state index contributed by atoms with van der Waals surface area (Å²) in [4.78, 5) is 11.6. The molecule has 0 fully saturated rings. The molecule has 0 atom stereocenters. The minimum absolute atomic E-state index is 0.152. The third-order valence-electron chi connectivity index (χ3n) is 2.41. The molecule has 1 aromatic heterocycles. The highest BCUT2D eigenvalue weighted by molar-refractivity contribution is 5.37. The van der Waals surface area contributed by atoms with E-state index in [1.165, 1.54) is 10.7 Å². The van der Waals surface area contributed by atoms with E-state index in [0.29, 0.717) is 18.7 Å². The zero-order chi connectivity index (χ0) is 12.2. The van der Waals surface area contributed by atoms with Gasteiger partial charge < -0.3 is 5.32 Å². The molecule has 0 radical (unpaired) electrons. The third-order valence-corrected chi connectivity index (χ3v) is 2.41. The summed E-state index contributed by atoms with van der Waals surface area (Å²) in [6, 6.07) is 3.69. The Morgan fingerprint density at radius 2 is 2.31 bits per heavy atom. The highest BCUT2D eigenvalue weighted by Crippen LogP contribution is 2.18. The van der Waals surface area contributed by atoms with Crippen molar-refractivity contribution in [2.75, 3.05) is 12.4 Å². The summed E-state index contributed by atoms with van der Waals surface area (Å²) in [6.07, 6.45) is 2.20. The van der Waals surface area contributed by atoms with Crippen molar-refractivity contribution < 1.29 is 0 Å². The SMILES string of the molecule is CNc1cnn(CCC(C)(C)C#N)c(=O)c1. The molecule has 0 aliphatic carbocycles. The molecule has 1 N–H and O–H groups in total. The van der Waals surface area contributed by atoms with E-state index in [2.05, 4.69) is 16.5 Å². The molecule has 0 saturated heterocycles. The van der Waals surface area contributed by atoms with Gasteiger partial charge >= 0.3 is 0 Å². The van der Waals surface area contributed by atoms with Crippen molar-refractivity contribution >= 4 is 5.69 Å². The van der Waals surface area contributed by atoms with E-state index in [1.54, 1.807) is 13.2 Å². The van der Waals surface area contributed by atoms with Crippen LogP contribution in [0.4, 0.5) is 5.69 Å². The first kappa shape index (κ1) is 12.2. The van der Waals surface area contributed by atoms with Gasteiger partial charge in [-0.3, -0.25) is 4.79 Å². The summed E-state index contributed by atoms with van der Waals surface area (Å²) in [5.74, 6) is 0. The van der Waals surface area contributed by atoms with Crippen LogP contribution in [0, 0.1) is 16.7 Å². The number of nitrogens with one attached hydrogen (secondary N) is 1. The smallest absolute Gasteiger partial charge is 0.268 e. The van der Waals surface area contributed by atoms with Gasteiger partial charge in [-0.05, 0) is 20.3 Å². The van der Waals surface area contributed by atoms with Crippen molar-refractivity contribution in [3.8, 4) is 6.07 Å². The second-order valence-electron chi connectivity index (χ2n) is 4.30. The van der Waals surface area contributed by atoms with E-state index in [1.807, 2.05) is 13.8 Å². The summed E-state index contributed by atoms with van der Waals surface area (Å²) < 4.78 is 1.37. The lowest BCUT2D eigenvalue weighted by Gasteiger charge is -2.14. The Kier molecular flexibility index (Phi) is 3.67. The van der Waals surface area contributed by atoms with Gasteiger partial charge in [0.25, 0.3) is 5.56 Å². The number of hydrogen-bond acceptors (Lipinski definition) is 4. The van der Waals surface area contributed by atoms with Crippen LogP contribution in [0.25, 0.3) is 0 Å². The lowest BCUT2D eigenvalue weighted by atomic mass is 9.92. The van der Waals surface area contributed by atoms with Gasteiger partial charge in [0.2, 0.25) is 0 Å². The Morgan fingerprint density at radius 1 is 1.62 bits per heavy atom. The van der Waals surface area contributed by atoms with Crippen LogP contribution < -0.4 is 10.9 Å². The quantitative estimate of drug-likeness (QED) is 0.828. The molecule has 5 heteroatoms. The van der Waals surface area contributed by atoms with Crippen LogP contribution in [0.15, 0.2) is 17.1 Å². The molecule has 0 aliphatic rings. The molecule has 1 rings (SSSR count). The standard InChI is InChI=1S/C11H16N4O/c1-11(2,8-12)4-5-15-10(16)6-9(13-3)7-14-15/h6-7,13H,4-5H2,1-3H3. The first-order valence-corrected chi connectivity index (χ1v) is 5.15. The molecule has 0 aromatic carbocycles. The minimum atomic E-state index is -0.428. The van der Waals surface area contributed by atoms with Crippen LogP contribution in [-0.2, 0) is 6.54 Å². The first-order valence-electron chi connectivity index (χ1n) is 5.15. The number of nitriles is 1. The summed E-state index contributed by atoms with van der Waals surface area (Å²) in [7, 11) is 1.74. The maximum atomic E-state index is 11.6. The minimum Gasteiger partial charge on any atom is -0.387 e. The Hall–Kier alpha value is -1.83. The Balaban J connectivity index is 2.77. The largest absolute Gasteiger partial charge is 0.387 e. The zero-order valence-electron chi connectivity index (χ0n) is 9.82. The van der Waals surface area contributed by atoms with Gasteiger partial charge in [-0.15, -0.1) is 0 Å². The van der Waals surface area contributed by atoms with Crippen LogP contribution in [-0.4, -0.2) is 16.8 Å². The zero-order valence-corrected chi connectivity index (χ0v) is 9.82. The highest BCUT2D eigenvalue weighted by atomic mass is 16.1. The van der Waals surface area contributed by atoms with Gasteiger partial charge in [-0.25, -0.2) is 4.68 Å². The maximum absolute atomic E-state index is 11.6. The van der Waals surface area contributed by atoms with Crippen LogP contribution in [0.5, 0.6) is 0 Å². The summed E-state index contributed by atoms with van der Waals surface area (Å²) in [5, 5.41) is 15.7. The lowest BCUT2D eigenvalue weighted by Crippen LogP contribution is -2.25. The average Bonchev–Trinajstić information content (AvgIpc) is 2.27. The van der Waals surface area contributed by atoms with Gasteiger partial charge in [0.1, 0.15) is 0 Å². The van der Waals surface area contributed by atoms with Crippen LogP contribution in [0.3, 0.4) is 0 Å². The summed E-state index contributed by atoms with van der Waals surface area (Å²) in [5.41, 5.74) is 0.115. The predicted octanol–water partition coefficient (Wildman–Crippen LogP) is 1.22. The van der Waals surface area contributed by atoms with E-state index >= 15 is 0 Å². The van der Waals surface area contributed by atoms with Crippen molar-refractivity contribution in [2.45, 2.75) is 26.8 Å². The van der Waals surface area contributed by atoms with Crippen molar-refractivity contribution in [3.05, 3.63) is 22.6 Å². The van der Waals surface area contributed by atoms with Crippen LogP contribution >= 0.6 is 0 Å². The molecule has 5 nitrogen and oxygen atoms in total. The van der Waals surface area contributed by atoms with E-state index < -0.39 is 5.41 Å². The van der Waals surface area contributed by atoms with Crippen LogP contribution in [0.2, 0.25) is 0 Å². The van der Waals surface area contributed by atoms with Crippen LogP contribution in [0.1, 0.15) is 20.3 Å². The van der Waals surface area contributed by atoms with Crippen molar-refractivity contribution in [1.82, 2.24) is 9.78 Å². The van der Waals surface area contributed by atoms with Gasteiger partial charge in [0, 0.05) is 19.7 Å². The van der Waals surface area contributed by atoms with E-state index in [0.717, 1.165) is 0 Å². The second-order valence-corrected chi connectivity index (χ2v) is 4.30. The monoisotopic (exact) mass is 220 g/mol. The maximum Gasteiger partial charge on any atom is 0.268 e. The van der Waals surface area contributed by atoms with Crippen molar-refractivity contribution in [2.24, 2.45) is 5.41 Å². The number of rotatable bonds is 4. The number of aryl methyl sites for hydroxylation is 1. The second kappa shape index (κ2) is 4.79. The van der Waals surface area contributed by atoms with E-state index in [4.69, 9.17) is 5.26 Å². The van der Waals surface area contributed by atoms with Gasteiger partial charge in [0.15, 0.2) is 0 Å². The molecule has 0 unspecified atom stereocenters. The molecule has 0 aliphatic heterocycles. The fraction of sp³-hybridized carbons (Fsp3) is 0.545. The molecule has 0 saturated carbocycles. The number of anilines is 1. The topological polar surface area (TPSA) is 70.7 Å². The van der Waals surface area contributed by atoms with Crippen molar-refractivity contribution in [3.63, 3.8) is 0 Å². The Labute approximate surface area is 94.7 Å². The molecular weight excluding hydrogens is 204 g/mol. The fourth-order valence-electron chi connectivity index (χ4n) is 1.18. The first-order chi connectivity index (χ1) is 7.48. The molecule has 0 spiro atoms. The van der Waals surface area contributed by atoms with E-state index in [9.17, 15) is 4.79 Å². The summed E-state index contributed by atoms with van der Waals surface area (Å²) >= 11 is 0. The molecule has 1 heterocycles. The molecule has 16 heavy (non-hydrogen) atoms. The summed E-state index contributed by atoms with van der Waals surface area (Å²) in [6.45, 7) is 4.16. The average molecular weight is 220 g/mol. The van der Waals surface area contributed by atoms with Gasteiger partial charge in [-0.1, -0.05) is 0 Å². The molecule has 0 bridgehead atoms. The molecular formula is C11H16N4O. The van der Waals surface area contributed by atoms with Gasteiger partial charge in [-0.2, -0.15) is 10.4 Å². The number of hydrogen-bond donors (Lipinski definition) is 1. The number of aromatic nitrogens is 2. The molecule has 1 aromatic rings. The lowest BCUT2D eigenvalue weighted by molar-refractivity contribution is 0.391. The fourth-order valence-corrected chi connectivity index (χ4v) is 1.18. The van der Waals surface area contributed by atoms with E-state index in [-0.39, 0.29) is 5.56 Å². The van der Waals surface area contributed by atoms with Gasteiger partial charge in [0.05, 0.1) is 23.4 Å². The van der Waals surface area contributed by atoms with Crippen molar-refractivity contribution in [1.29, 1.82) is 5.26 Å². The molecule has 0 amide bonds. The highest BCUT2D eigenvalue weighted by Gasteiger charge is 2.16. The third kappa shape index (κ3) is 3.09. The Morgan fingerprint density at radius 3 is 2.81 bits per heavy atom.